The molecule has 2 nitrogen and oxygen atoms in total. The van der Waals surface area contributed by atoms with Gasteiger partial charge >= 0.3 is 5.97 Å². The second-order valence-corrected chi connectivity index (χ2v) is 2.29. The van der Waals surface area contributed by atoms with Crippen molar-refractivity contribution in [3.8, 4) is 0 Å². The van der Waals surface area contributed by atoms with E-state index in [0.717, 1.165) is 6.42 Å². The standard InChI is InChI=1S/C7H14O2/c1-4-5-7(8)9-6(2)3/h6H,4-5H2,1-3H3. The van der Waals surface area contributed by atoms with Crippen LogP contribution in [0, 0.1) is 0 Å². The van der Waals surface area contributed by atoms with Gasteiger partial charge in [0.2, 0.25) is 0 Å². The SMILES string of the molecule is CCCC(=O)OC(C)C. The first kappa shape index (κ1) is 8.47. The van der Waals surface area contributed by atoms with Gasteiger partial charge in [0.1, 0.15) is 0 Å². The lowest BCUT2D eigenvalue weighted by Crippen LogP contribution is -2.10. The summed E-state index contributed by atoms with van der Waals surface area (Å²) in [6.07, 6.45) is 1.44. The van der Waals surface area contributed by atoms with Crippen LogP contribution < -0.4 is 0 Å². The highest BCUT2D eigenvalue weighted by Gasteiger charge is 2.01. The van der Waals surface area contributed by atoms with E-state index in [4.69, 9.17) is 4.74 Å². The predicted octanol–water partition coefficient (Wildman–Crippen LogP) is 1.74. The molecule has 0 aromatic rings. The lowest BCUT2D eigenvalue weighted by Gasteiger charge is -2.05. The van der Waals surface area contributed by atoms with Crippen molar-refractivity contribution in [1.82, 2.24) is 0 Å². The van der Waals surface area contributed by atoms with E-state index in [-0.39, 0.29) is 12.1 Å². The molecule has 0 aromatic heterocycles. The summed E-state index contributed by atoms with van der Waals surface area (Å²) in [5, 5.41) is 0. The van der Waals surface area contributed by atoms with E-state index < -0.39 is 0 Å². The molecule has 0 rings (SSSR count). The van der Waals surface area contributed by atoms with Gasteiger partial charge in [0, 0.05) is 6.42 Å². The third kappa shape index (κ3) is 5.34. The monoisotopic (exact) mass is 130 g/mol. The molecule has 0 saturated carbocycles. The lowest BCUT2D eigenvalue weighted by molar-refractivity contribution is -0.147. The second kappa shape index (κ2) is 4.36. The summed E-state index contributed by atoms with van der Waals surface area (Å²) in [6.45, 7) is 5.67. The first-order chi connectivity index (χ1) is 4.16. The van der Waals surface area contributed by atoms with Gasteiger partial charge in [0.25, 0.3) is 0 Å². The summed E-state index contributed by atoms with van der Waals surface area (Å²) in [7, 11) is 0. The topological polar surface area (TPSA) is 26.3 Å². The minimum atomic E-state index is -0.0903. The first-order valence-corrected chi connectivity index (χ1v) is 3.36. The van der Waals surface area contributed by atoms with Crippen molar-refractivity contribution in [2.75, 3.05) is 0 Å². The van der Waals surface area contributed by atoms with Gasteiger partial charge < -0.3 is 4.74 Å². The minimum Gasteiger partial charge on any atom is -0.463 e. The Balaban J connectivity index is 3.27. The highest BCUT2D eigenvalue weighted by Crippen LogP contribution is 1.94. The Bertz CT molecular complexity index is 86.9. The minimum absolute atomic E-state index is 0.0315. The fraction of sp³-hybridized carbons (Fsp3) is 0.857. The maximum Gasteiger partial charge on any atom is 0.306 e. The fourth-order valence-corrected chi connectivity index (χ4v) is 0.526. The van der Waals surface area contributed by atoms with Gasteiger partial charge in [-0.3, -0.25) is 4.79 Å². The Kier molecular flexibility index (Phi) is 4.10. The van der Waals surface area contributed by atoms with E-state index in [0.29, 0.717) is 6.42 Å². The molecule has 0 aliphatic heterocycles. The molecule has 0 N–H and O–H groups in total. The average molecular weight is 130 g/mol. The molecular weight excluding hydrogens is 116 g/mol. The van der Waals surface area contributed by atoms with Crippen LogP contribution in [-0.4, -0.2) is 12.1 Å². The Morgan fingerprint density at radius 1 is 1.56 bits per heavy atom. The van der Waals surface area contributed by atoms with Crippen LogP contribution >= 0.6 is 0 Å². The molecule has 0 heterocycles. The molecule has 0 unspecified atom stereocenters. The normalized spacial score (nSPS) is 9.78. The molecule has 2 heteroatoms. The maximum absolute atomic E-state index is 10.6. The Morgan fingerprint density at radius 3 is 2.44 bits per heavy atom. The van der Waals surface area contributed by atoms with Crippen molar-refractivity contribution in [2.24, 2.45) is 0 Å². The van der Waals surface area contributed by atoms with Crippen molar-refractivity contribution in [3.63, 3.8) is 0 Å². The summed E-state index contributed by atoms with van der Waals surface area (Å²) >= 11 is 0. The first-order valence-electron chi connectivity index (χ1n) is 3.36. The van der Waals surface area contributed by atoms with Gasteiger partial charge in [-0.25, -0.2) is 0 Å². The van der Waals surface area contributed by atoms with Crippen molar-refractivity contribution in [3.05, 3.63) is 0 Å². The highest BCUT2D eigenvalue weighted by atomic mass is 16.5. The van der Waals surface area contributed by atoms with Gasteiger partial charge in [-0.15, -0.1) is 0 Å². The average Bonchev–Trinajstić information content (AvgIpc) is 1.63. The van der Waals surface area contributed by atoms with E-state index in [2.05, 4.69) is 0 Å². The summed E-state index contributed by atoms with van der Waals surface area (Å²) in [5.41, 5.74) is 0. The van der Waals surface area contributed by atoms with E-state index in [1.165, 1.54) is 0 Å². The third-order valence-corrected chi connectivity index (χ3v) is 0.821. The molecule has 0 aliphatic carbocycles. The van der Waals surface area contributed by atoms with Crippen molar-refractivity contribution >= 4 is 5.97 Å². The zero-order valence-electron chi connectivity index (χ0n) is 6.31. The molecule has 0 atom stereocenters. The molecule has 0 amide bonds. The van der Waals surface area contributed by atoms with Crippen LogP contribution in [0.3, 0.4) is 0 Å². The molecule has 9 heavy (non-hydrogen) atoms. The molecule has 0 aliphatic rings. The molecule has 0 radical (unpaired) electrons. The summed E-state index contributed by atoms with van der Waals surface area (Å²) < 4.78 is 4.85. The summed E-state index contributed by atoms with van der Waals surface area (Å²) in [4.78, 5) is 10.6. The predicted molar refractivity (Wildman–Crippen MR) is 36.1 cm³/mol. The van der Waals surface area contributed by atoms with Crippen LogP contribution in [0.2, 0.25) is 0 Å². The van der Waals surface area contributed by atoms with Gasteiger partial charge in [0.05, 0.1) is 6.10 Å². The largest absolute Gasteiger partial charge is 0.463 e. The number of esters is 1. The van der Waals surface area contributed by atoms with Gasteiger partial charge in [-0.2, -0.15) is 0 Å². The highest BCUT2D eigenvalue weighted by molar-refractivity contribution is 5.69. The van der Waals surface area contributed by atoms with Crippen molar-refractivity contribution in [1.29, 1.82) is 0 Å². The van der Waals surface area contributed by atoms with Crippen molar-refractivity contribution < 1.29 is 9.53 Å². The van der Waals surface area contributed by atoms with E-state index in [1.807, 2.05) is 20.8 Å². The molecular formula is C7H14O2. The lowest BCUT2D eigenvalue weighted by atomic mass is 10.3. The van der Waals surface area contributed by atoms with Crippen molar-refractivity contribution in [2.45, 2.75) is 39.7 Å². The second-order valence-electron chi connectivity index (χ2n) is 2.29. The van der Waals surface area contributed by atoms with Crippen LogP contribution in [0.25, 0.3) is 0 Å². The molecule has 0 aromatic carbocycles. The molecule has 0 spiro atoms. The van der Waals surface area contributed by atoms with Crippen LogP contribution in [0.1, 0.15) is 33.6 Å². The van der Waals surface area contributed by atoms with E-state index in [1.54, 1.807) is 0 Å². The number of hydrogen-bond acceptors (Lipinski definition) is 2. The molecule has 0 saturated heterocycles. The zero-order chi connectivity index (χ0) is 7.28. The van der Waals surface area contributed by atoms with Crippen LogP contribution in [-0.2, 0) is 9.53 Å². The zero-order valence-corrected chi connectivity index (χ0v) is 6.31. The smallest absolute Gasteiger partial charge is 0.306 e. The number of ether oxygens (including phenoxy) is 1. The Labute approximate surface area is 56.2 Å². The number of hydrogen-bond donors (Lipinski definition) is 0. The summed E-state index contributed by atoms with van der Waals surface area (Å²) in [5.74, 6) is -0.0903. The van der Waals surface area contributed by atoms with Gasteiger partial charge in [-0.1, -0.05) is 6.92 Å². The number of carbonyl (C=O) groups excluding carboxylic acids is 1. The maximum atomic E-state index is 10.6. The van der Waals surface area contributed by atoms with Gasteiger partial charge in [-0.05, 0) is 20.3 Å². The summed E-state index contributed by atoms with van der Waals surface area (Å²) in [6, 6.07) is 0. The van der Waals surface area contributed by atoms with Gasteiger partial charge in [0.15, 0.2) is 0 Å². The Hall–Kier alpha value is -0.530. The molecule has 54 valence electrons. The molecule has 0 fully saturated rings. The van der Waals surface area contributed by atoms with Crippen LogP contribution in [0.4, 0.5) is 0 Å². The quantitative estimate of drug-likeness (QED) is 0.544. The number of carbonyl (C=O) groups is 1. The van der Waals surface area contributed by atoms with Crippen LogP contribution in [0.5, 0.6) is 0 Å². The Morgan fingerprint density at radius 2 is 2.11 bits per heavy atom. The third-order valence-electron chi connectivity index (χ3n) is 0.821. The van der Waals surface area contributed by atoms with Crippen LogP contribution in [0.15, 0.2) is 0 Å². The fourth-order valence-electron chi connectivity index (χ4n) is 0.526. The molecule has 0 bridgehead atoms. The number of rotatable bonds is 3. The van der Waals surface area contributed by atoms with E-state index in [9.17, 15) is 4.79 Å². The van der Waals surface area contributed by atoms with E-state index >= 15 is 0 Å².